The van der Waals surface area contributed by atoms with Crippen LogP contribution < -0.4 is 5.73 Å². The number of aliphatic imine (C=N–C) groups is 1. The smallest absolute Gasteiger partial charge is 0.139 e. The number of aliphatic hydroxyl groups is 1. The zero-order valence-corrected chi connectivity index (χ0v) is 5.70. The van der Waals surface area contributed by atoms with Gasteiger partial charge in [0.25, 0.3) is 0 Å². The summed E-state index contributed by atoms with van der Waals surface area (Å²) in [5.41, 5.74) is 5.25. The van der Waals surface area contributed by atoms with Gasteiger partial charge in [-0.3, -0.25) is 4.99 Å². The van der Waals surface area contributed by atoms with E-state index in [4.69, 9.17) is 16.1 Å². The summed E-state index contributed by atoms with van der Waals surface area (Å²) in [7, 11) is 0. The van der Waals surface area contributed by atoms with Gasteiger partial charge in [0.1, 0.15) is 23.7 Å². The molecule has 0 bridgehead atoms. The van der Waals surface area contributed by atoms with Crippen LogP contribution in [0.25, 0.3) is 0 Å². The molecule has 0 unspecified atom stereocenters. The number of aliphatic hydroxyl groups excluding tert-OH is 1. The van der Waals surface area contributed by atoms with Gasteiger partial charge < -0.3 is 10.8 Å². The first-order valence-electron chi connectivity index (χ1n) is 2.81. The molecule has 0 aromatic carbocycles. The third-order valence-electron chi connectivity index (χ3n) is 0.854. The van der Waals surface area contributed by atoms with E-state index in [9.17, 15) is 0 Å². The fourth-order valence-electron chi connectivity index (χ4n) is 0.408. The van der Waals surface area contributed by atoms with Gasteiger partial charge >= 0.3 is 0 Å². The SMILES string of the molecule is CCN=C(N)/C(C#N)=C\O. The summed E-state index contributed by atoms with van der Waals surface area (Å²) in [6, 6.07) is 1.69. The van der Waals surface area contributed by atoms with Crippen LogP contribution in [0, 0.1) is 11.3 Å². The number of nitrogens with zero attached hydrogens (tertiary/aromatic N) is 2. The molecule has 0 amide bonds. The molecule has 0 aliphatic rings. The number of hydrogen-bond acceptors (Lipinski definition) is 3. The van der Waals surface area contributed by atoms with Crippen molar-refractivity contribution in [3.8, 4) is 6.07 Å². The molecule has 0 heterocycles. The van der Waals surface area contributed by atoms with Crippen molar-refractivity contribution in [3.63, 3.8) is 0 Å². The van der Waals surface area contributed by atoms with E-state index in [2.05, 4.69) is 4.99 Å². The lowest BCUT2D eigenvalue weighted by Gasteiger charge is -1.92. The first-order chi connectivity index (χ1) is 4.76. The van der Waals surface area contributed by atoms with Crippen molar-refractivity contribution in [1.29, 1.82) is 5.26 Å². The van der Waals surface area contributed by atoms with E-state index in [0.29, 0.717) is 12.8 Å². The highest BCUT2D eigenvalue weighted by Gasteiger charge is 1.98. The third kappa shape index (κ3) is 2.18. The lowest BCUT2D eigenvalue weighted by atomic mass is 10.3. The minimum atomic E-state index is 0.00171. The molecule has 4 nitrogen and oxygen atoms in total. The fraction of sp³-hybridized carbons (Fsp3) is 0.333. The van der Waals surface area contributed by atoms with Gasteiger partial charge in [0, 0.05) is 6.54 Å². The highest BCUT2D eigenvalue weighted by Crippen LogP contribution is 1.89. The van der Waals surface area contributed by atoms with Gasteiger partial charge in [0.05, 0.1) is 0 Å². The predicted octanol–water partition coefficient (Wildman–Crippen LogP) is 0.329. The van der Waals surface area contributed by atoms with Gasteiger partial charge in [-0.2, -0.15) is 5.26 Å². The van der Waals surface area contributed by atoms with Gasteiger partial charge in [-0.25, -0.2) is 0 Å². The molecule has 3 N–H and O–H groups in total. The maximum Gasteiger partial charge on any atom is 0.139 e. The van der Waals surface area contributed by atoms with E-state index in [1.54, 1.807) is 13.0 Å². The Morgan fingerprint density at radius 1 is 1.90 bits per heavy atom. The third-order valence-corrected chi connectivity index (χ3v) is 0.854. The molecule has 0 aromatic rings. The largest absolute Gasteiger partial charge is 0.514 e. The zero-order chi connectivity index (χ0) is 7.98. The molecule has 0 saturated carbocycles. The molecule has 4 heteroatoms. The van der Waals surface area contributed by atoms with Crippen LogP contribution >= 0.6 is 0 Å². The summed E-state index contributed by atoms with van der Waals surface area (Å²) in [5, 5.41) is 16.7. The van der Waals surface area contributed by atoms with Crippen molar-refractivity contribution in [2.75, 3.05) is 6.54 Å². The van der Waals surface area contributed by atoms with E-state index in [1.165, 1.54) is 0 Å². The molecule has 0 fully saturated rings. The summed E-state index contributed by atoms with van der Waals surface area (Å²) < 4.78 is 0. The second-order valence-corrected chi connectivity index (χ2v) is 1.51. The monoisotopic (exact) mass is 139 g/mol. The molecule has 10 heavy (non-hydrogen) atoms. The molecule has 0 aliphatic heterocycles. The Morgan fingerprint density at radius 3 is 2.80 bits per heavy atom. The molecule has 0 atom stereocenters. The Labute approximate surface area is 59.3 Å². The van der Waals surface area contributed by atoms with Gasteiger partial charge in [-0.15, -0.1) is 0 Å². The molecule has 0 spiro atoms. The van der Waals surface area contributed by atoms with E-state index < -0.39 is 0 Å². The average Bonchev–Trinajstić information content (AvgIpc) is 1.91. The highest BCUT2D eigenvalue weighted by molar-refractivity contribution is 6.00. The number of nitriles is 1. The molecule has 54 valence electrons. The average molecular weight is 139 g/mol. The van der Waals surface area contributed by atoms with E-state index in [1.807, 2.05) is 0 Å². The number of hydrogen-bond donors (Lipinski definition) is 2. The maximum absolute atomic E-state index is 8.38. The van der Waals surface area contributed by atoms with Crippen LogP contribution in [0.15, 0.2) is 16.8 Å². The molecular formula is C6H9N3O. The summed E-state index contributed by atoms with van der Waals surface area (Å²) in [6.45, 7) is 2.30. The standard InChI is InChI=1S/C6H9N3O/c1-2-9-6(8)5(3-7)4-10/h4,10H,2H2,1H3,(H2,8,9)/b5-4-. The lowest BCUT2D eigenvalue weighted by molar-refractivity contribution is 0.472. The Balaban J connectivity index is 4.35. The summed E-state index contributed by atoms with van der Waals surface area (Å²) in [6.07, 6.45) is 0.647. The number of nitrogens with two attached hydrogens (primary N) is 1. The summed E-state index contributed by atoms with van der Waals surface area (Å²) in [4.78, 5) is 3.71. The number of rotatable bonds is 2. The van der Waals surface area contributed by atoms with Crippen molar-refractivity contribution in [1.82, 2.24) is 0 Å². The Hall–Kier alpha value is -1.50. The quantitative estimate of drug-likeness (QED) is 0.250. The van der Waals surface area contributed by atoms with Crippen molar-refractivity contribution in [2.45, 2.75) is 6.92 Å². The van der Waals surface area contributed by atoms with Crippen molar-refractivity contribution >= 4 is 5.84 Å². The fourth-order valence-corrected chi connectivity index (χ4v) is 0.408. The lowest BCUT2D eigenvalue weighted by Crippen LogP contribution is -2.14. The molecule has 0 saturated heterocycles. The van der Waals surface area contributed by atoms with Crippen molar-refractivity contribution < 1.29 is 5.11 Å². The van der Waals surface area contributed by atoms with Gasteiger partial charge in [0.15, 0.2) is 0 Å². The number of amidine groups is 1. The molecular weight excluding hydrogens is 130 g/mol. The molecule has 0 aliphatic carbocycles. The van der Waals surface area contributed by atoms with E-state index in [-0.39, 0.29) is 11.4 Å². The summed E-state index contributed by atoms with van der Waals surface area (Å²) in [5.74, 6) is 0.0764. The maximum atomic E-state index is 8.38. The minimum Gasteiger partial charge on any atom is -0.514 e. The molecule has 0 rings (SSSR count). The van der Waals surface area contributed by atoms with Gasteiger partial charge in [-0.05, 0) is 6.92 Å². The first kappa shape index (κ1) is 8.50. The highest BCUT2D eigenvalue weighted by atomic mass is 16.2. The Kier molecular flexibility index (Phi) is 3.73. The van der Waals surface area contributed by atoms with Crippen LogP contribution in [-0.4, -0.2) is 17.5 Å². The van der Waals surface area contributed by atoms with Crippen molar-refractivity contribution in [2.24, 2.45) is 10.7 Å². The van der Waals surface area contributed by atoms with Crippen LogP contribution in [0.4, 0.5) is 0 Å². The predicted molar refractivity (Wildman–Crippen MR) is 38.5 cm³/mol. The molecule has 0 aromatic heterocycles. The topological polar surface area (TPSA) is 82.4 Å². The Bertz CT molecular complexity index is 200. The van der Waals surface area contributed by atoms with Crippen LogP contribution in [0.2, 0.25) is 0 Å². The van der Waals surface area contributed by atoms with Crippen LogP contribution in [-0.2, 0) is 0 Å². The van der Waals surface area contributed by atoms with Crippen LogP contribution in [0.1, 0.15) is 6.92 Å². The normalized spacial score (nSPS) is 12.8. The van der Waals surface area contributed by atoms with Crippen LogP contribution in [0.3, 0.4) is 0 Å². The van der Waals surface area contributed by atoms with Gasteiger partial charge in [0.2, 0.25) is 0 Å². The Morgan fingerprint density at radius 2 is 2.50 bits per heavy atom. The van der Waals surface area contributed by atoms with Gasteiger partial charge in [-0.1, -0.05) is 0 Å². The zero-order valence-electron chi connectivity index (χ0n) is 5.70. The summed E-state index contributed by atoms with van der Waals surface area (Å²) >= 11 is 0. The second-order valence-electron chi connectivity index (χ2n) is 1.51. The first-order valence-corrected chi connectivity index (χ1v) is 2.81. The van der Waals surface area contributed by atoms with E-state index >= 15 is 0 Å². The molecule has 0 radical (unpaired) electrons. The minimum absolute atomic E-state index is 0.00171. The second kappa shape index (κ2) is 4.39. The van der Waals surface area contributed by atoms with Crippen LogP contribution in [0.5, 0.6) is 0 Å². The van der Waals surface area contributed by atoms with Crippen molar-refractivity contribution in [3.05, 3.63) is 11.8 Å². The van der Waals surface area contributed by atoms with E-state index in [0.717, 1.165) is 0 Å².